The van der Waals surface area contributed by atoms with E-state index in [9.17, 15) is 14.4 Å². The number of carbonyl (C=O) groups excluding carboxylic acids is 3. The number of aliphatic hydroxyl groups excluding tert-OH is 1. The van der Waals surface area contributed by atoms with Gasteiger partial charge in [0.25, 0.3) is 5.24 Å². The van der Waals surface area contributed by atoms with Crippen LogP contribution in [-0.2, 0) is 16.1 Å². The minimum Gasteiger partial charge on any atom is -0.395 e. The fraction of sp³-hybridized carbons (Fsp3) is 0.357. The summed E-state index contributed by atoms with van der Waals surface area (Å²) in [4.78, 5) is 37.7. The quantitative estimate of drug-likeness (QED) is 0.837. The molecule has 2 rings (SSSR count). The van der Waals surface area contributed by atoms with Crippen LogP contribution in [0.1, 0.15) is 5.56 Å². The predicted molar refractivity (Wildman–Crippen MR) is 78.5 cm³/mol. The highest BCUT2D eigenvalue weighted by molar-refractivity contribution is 8.14. The van der Waals surface area contributed by atoms with Crippen molar-refractivity contribution in [1.82, 2.24) is 9.80 Å². The zero-order valence-corrected chi connectivity index (χ0v) is 12.2. The maximum absolute atomic E-state index is 12.2. The first kappa shape index (κ1) is 15.5. The molecule has 0 aromatic heterocycles. The molecule has 1 aromatic rings. The molecule has 3 amide bonds. The van der Waals surface area contributed by atoms with Crippen LogP contribution >= 0.6 is 11.8 Å². The van der Waals surface area contributed by atoms with Gasteiger partial charge in [-0.05, 0) is 5.56 Å². The number of hydrogen-bond acceptors (Lipinski definition) is 5. The van der Waals surface area contributed by atoms with Gasteiger partial charge in [-0.3, -0.25) is 19.3 Å². The molecule has 7 heteroatoms. The molecule has 1 aromatic carbocycles. The average Bonchev–Trinajstić information content (AvgIpc) is 2.80. The van der Waals surface area contributed by atoms with Crippen LogP contribution in [0.5, 0.6) is 0 Å². The van der Waals surface area contributed by atoms with Crippen molar-refractivity contribution in [1.29, 1.82) is 0 Å². The molecule has 0 bridgehead atoms. The molecule has 0 spiro atoms. The third-order valence-corrected chi connectivity index (χ3v) is 3.93. The number of nitrogens with zero attached hydrogens (tertiary/aromatic N) is 2. The van der Waals surface area contributed by atoms with Crippen LogP contribution < -0.4 is 0 Å². The van der Waals surface area contributed by atoms with Gasteiger partial charge in [0.1, 0.15) is 6.54 Å². The van der Waals surface area contributed by atoms with Crippen molar-refractivity contribution in [2.24, 2.45) is 0 Å². The number of hydrogen-bond donors (Lipinski definition) is 1. The van der Waals surface area contributed by atoms with E-state index in [1.165, 1.54) is 4.90 Å². The number of carbonyl (C=O) groups is 3. The van der Waals surface area contributed by atoms with E-state index in [4.69, 9.17) is 5.11 Å². The van der Waals surface area contributed by atoms with E-state index in [1.54, 1.807) is 0 Å². The minimum absolute atomic E-state index is 0.0881. The average molecular weight is 308 g/mol. The molecule has 1 N–H and O–H groups in total. The van der Waals surface area contributed by atoms with Crippen molar-refractivity contribution >= 4 is 28.8 Å². The first-order chi connectivity index (χ1) is 10.1. The lowest BCUT2D eigenvalue weighted by Gasteiger charge is -2.24. The van der Waals surface area contributed by atoms with E-state index < -0.39 is 5.24 Å². The van der Waals surface area contributed by atoms with E-state index >= 15 is 0 Å². The zero-order chi connectivity index (χ0) is 15.2. The topological polar surface area (TPSA) is 77.9 Å². The highest BCUT2D eigenvalue weighted by Gasteiger charge is 2.32. The Hall–Kier alpha value is -1.86. The Balaban J connectivity index is 2.02. The molecule has 0 radical (unpaired) electrons. The second-order valence-corrected chi connectivity index (χ2v) is 5.49. The van der Waals surface area contributed by atoms with E-state index in [-0.39, 0.29) is 37.3 Å². The molecule has 0 unspecified atom stereocenters. The number of thioether (sulfide) groups is 1. The molecule has 0 atom stereocenters. The highest BCUT2D eigenvalue weighted by Crippen LogP contribution is 2.18. The SMILES string of the molecule is O=C(CN1C(=O)CSC1=O)N(CCO)Cc1ccccc1. The Morgan fingerprint density at radius 3 is 2.57 bits per heavy atom. The van der Waals surface area contributed by atoms with Gasteiger partial charge in [0.15, 0.2) is 0 Å². The van der Waals surface area contributed by atoms with Crippen LogP contribution in [0, 0.1) is 0 Å². The van der Waals surface area contributed by atoms with Gasteiger partial charge in [-0.2, -0.15) is 0 Å². The summed E-state index contributed by atoms with van der Waals surface area (Å²) in [7, 11) is 0. The lowest BCUT2D eigenvalue weighted by molar-refractivity contribution is -0.137. The van der Waals surface area contributed by atoms with Gasteiger partial charge in [0.2, 0.25) is 11.8 Å². The molecule has 21 heavy (non-hydrogen) atoms. The number of imide groups is 1. The first-order valence-corrected chi connectivity index (χ1v) is 7.50. The molecule has 1 heterocycles. The number of benzene rings is 1. The van der Waals surface area contributed by atoms with Crippen molar-refractivity contribution in [3.63, 3.8) is 0 Å². The summed E-state index contributed by atoms with van der Waals surface area (Å²) >= 11 is 0.902. The third kappa shape index (κ3) is 4.05. The second-order valence-electron chi connectivity index (χ2n) is 4.56. The third-order valence-electron chi connectivity index (χ3n) is 3.07. The van der Waals surface area contributed by atoms with Crippen LogP contribution in [0.3, 0.4) is 0 Å². The highest BCUT2D eigenvalue weighted by atomic mass is 32.2. The summed E-state index contributed by atoms with van der Waals surface area (Å²) in [6, 6.07) is 9.35. The molecule has 1 aliphatic rings. The number of rotatable bonds is 6. The lowest BCUT2D eigenvalue weighted by atomic mass is 10.2. The van der Waals surface area contributed by atoms with Gasteiger partial charge in [-0.25, -0.2) is 0 Å². The van der Waals surface area contributed by atoms with Crippen LogP contribution in [0.2, 0.25) is 0 Å². The fourth-order valence-corrected chi connectivity index (χ4v) is 2.71. The number of aliphatic hydroxyl groups is 1. The molecule has 6 nitrogen and oxygen atoms in total. The Morgan fingerprint density at radius 1 is 1.29 bits per heavy atom. The van der Waals surface area contributed by atoms with Gasteiger partial charge < -0.3 is 10.0 Å². The maximum Gasteiger partial charge on any atom is 0.289 e. The van der Waals surface area contributed by atoms with E-state index in [2.05, 4.69) is 0 Å². The predicted octanol–water partition coefficient (Wildman–Crippen LogP) is 0.703. The largest absolute Gasteiger partial charge is 0.395 e. The standard InChI is InChI=1S/C14H16N2O4S/c17-7-6-15(8-11-4-2-1-3-5-11)12(18)9-16-13(19)10-21-14(16)20/h1-5,17H,6-10H2. The first-order valence-electron chi connectivity index (χ1n) is 6.51. The molecule has 112 valence electrons. The monoisotopic (exact) mass is 308 g/mol. The zero-order valence-electron chi connectivity index (χ0n) is 11.4. The molecule has 1 saturated heterocycles. The Bertz CT molecular complexity index is 519. The van der Waals surface area contributed by atoms with Gasteiger partial charge in [-0.1, -0.05) is 42.1 Å². The van der Waals surface area contributed by atoms with E-state index in [0.717, 1.165) is 22.2 Å². The molecular weight excluding hydrogens is 292 g/mol. The summed E-state index contributed by atoms with van der Waals surface area (Å²) in [5.41, 5.74) is 0.924. The summed E-state index contributed by atoms with van der Waals surface area (Å²) in [5.74, 6) is -0.607. The minimum atomic E-state index is -0.392. The van der Waals surface area contributed by atoms with Crippen molar-refractivity contribution in [3.8, 4) is 0 Å². The fourth-order valence-electron chi connectivity index (χ4n) is 1.99. The smallest absolute Gasteiger partial charge is 0.289 e. The van der Waals surface area contributed by atoms with Crippen LogP contribution in [-0.4, -0.2) is 57.4 Å². The summed E-state index contributed by atoms with van der Waals surface area (Å²) in [6.45, 7) is 0.0629. The molecule has 1 fully saturated rings. The van der Waals surface area contributed by atoms with Crippen LogP contribution in [0.15, 0.2) is 30.3 Å². The maximum atomic E-state index is 12.2. The second kappa shape index (κ2) is 7.24. The normalized spacial score (nSPS) is 14.6. The van der Waals surface area contributed by atoms with Crippen LogP contribution in [0.25, 0.3) is 0 Å². The summed E-state index contributed by atoms with van der Waals surface area (Å²) in [6.07, 6.45) is 0. The van der Waals surface area contributed by atoms with Crippen LogP contribution in [0.4, 0.5) is 4.79 Å². The van der Waals surface area contributed by atoms with Crippen molar-refractivity contribution in [2.45, 2.75) is 6.54 Å². The van der Waals surface area contributed by atoms with E-state index in [0.29, 0.717) is 6.54 Å². The Kier molecular flexibility index (Phi) is 5.35. The van der Waals surface area contributed by atoms with E-state index in [1.807, 2.05) is 30.3 Å². The summed E-state index contributed by atoms with van der Waals surface area (Å²) < 4.78 is 0. The molecule has 0 saturated carbocycles. The number of amides is 3. The molecule has 1 aliphatic heterocycles. The van der Waals surface area contributed by atoms with Crippen molar-refractivity contribution in [3.05, 3.63) is 35.9 Å². The Morgan fingerprint density at radius 2 is 2.00 bits per heavy atom. The van der Waals surface area contributed by atoms with Gasteiger partial charge in [-0.15, -0.1) is 0 Å². The molecule has 0 aliphatic carbocycles. The summed E-state index contributed by atoms with van der Waals surface area (Å²) in [5, 5.41) is 8.69. The van der Waals surface area contributed by atoms with Gasteiger partial charge >= 0.3 is 0 Å². The van der Waals surface area contributed by atoms with Gasteiger partial charge in [0.05, 0.1) is 12.4 Å². The lowest BCUT2D eigenvalue weighted by Crippen LogP contribution is -2.43. The Labute approximate surface area is 126 Å². The van der Waals surface area contributed by atoms with Gasteiger partial charge in [0, 0.05) is 13.1 Å². The van der Waals surface area contributed by atoms with Crippen molar-refractivity contribution in [2.75, 3.05) is 25.4 Å². The van der Waals surface area contributed by atoms with Crippen molar-refractivity contribution < 1.29 is 19.5 Å². The molecular formula is C14H16N2O4S.